The molecule has 0 aliphatic carbocycles. The van der Waals surface area contributed by atoms with Gasteiger partial charge in [-0.25, -0.2) is 0 Å². The van der Waals surface area contributed by atoms with Crippen molar-refractivity contribution in [3.05, 3.63) is 35.9 Å². The Bertz CT molecular complexity index is 572. The molecule has 0 saturated carbocycles. The summed E-state index contributed by atoms with van der Waals surface area (Å²) in [6.45, 7) is 5.37. The minimum atomic E-state index is -0.382. The fraction of sp³-hybridized carbons (Fsp3) is 0.600. The van der Waals surface area contributed by atoms with E-state index >= 15 is 0 Å². The summed E-state index contributed by atoms with van der Waals surface area (Å²) < 4.78 is 0. The Balaban J connectivity index is 1.91. The molecule has 25 heavy (non-hydrogen) atoms. The molecule has 1 unspecified atom stereocenters. The first-order chi connectivity index (χ1) is 11.9. The number of nitrogens with zero attached hydrogens (tertiary/aromatic N) is 1. The summed E-state index contributed by atoms with van der Waals surface area (Å²) in [6, 6.07) is 8.77. The lowest BCUT2D eigenvalue weighted by Crippen LogP contribution is -2.52. The van der Waals surface area contributed by atoms with Gasteiger partial charge < -0.3 is 15.3 Å². The first-order valence-corrected chi connectivity index (χ1v) is 9.19. The Kier molecular flexibility index (Phi) is 7.00. The Labute approximate surface area is 150 Å². The van der Waals surface area contributed by atoms with Crippen LogP contribution in [0.2, 0.25) is 0 Å². The normalized spacial score (nSPS) is 18.0. The molecule has 1 aromatic carbocycles. The molecule has 1 aliphatic heterocycles. The number of aliphatic hydroxyl groups excluding tert-OH is 1. The second-order valence-electron chi connectivity index (χ2n) is 7.59. The zero-order valence-electron chi connectivity index (χ0n) is 15.3. The van der Waals surface area contributed by atoms with Crippen molar-refractivity contribution in [2.45, 2.75) is 52.0 Å². The smallest absolute Gasteiger partial charge is 0.254 e. The Hall–Kier alpha value is -1.88. The van der Waals surface area contributed by atoms with Gasteiger partial charge in [-0.15, -0.1) is 0 Å². The number of aliphatic hydroxyl groups is 1. The van der Waals surface area contributed by atoms with Crippen LogP contribution in [0.4, 0.5) is 0 Å². The van der Waals surface area contributed by atoms with Crippen LogP contribution in [0.15, 0.2) is 30.3 Å². The van der Waals surface area contributed by atoms with Gasteiger partial charge in [0.25, 0.3) is 5.91 Å². The summed E-state index contributed by atoms with van der Waals surface area (Å²) in [5.41, 5.74) is 0.511. The molecular weight excluding hydrogens is 316 g/mol. The molecule has 138 valence electrons. The molecule has 0 bridgehead atoms. The van der Waals surface area contributed by atoms with Crippen LogP contribution in [0, 0.1) is 5.41 Å². The maximum Gasteiger partial charge on any atom is 0.254 e. The molecule has 2 rings (SSSR count). The van der Waals surface area contributed by atoms with E-state index in [9.17, 15) is 14.7 Å². The van der Waals surface area contributed by atoms with Crippen molar-refractivity contribution in [3.8, 4) is 0 Å². The predicted molar refractivity (Wildman–Crippen MR) is 98.2 cm³/mol. The van der Waals surface area contributed by atoms with Crippen LogP contribution in [-0.4, -0.2) is 47.6 Å². The fourth-order valence-corrected chi connectivity index (χ4v) is 3.17. The highest BCUT2D eigenvalue weighted by molar-refractivity contribution is 5.97. The lowest BCUT2D eigenvalue weighted by molar-refractivity contribution is -0.126. The van der Waals surface area contributed by atoms with Crippen molar-refractivity contribution in [1.29, 1.82) is 0 Å². The van der Waals surface area contributed by atoms with E-state index in [0.29, 0.717) is 25.1 Å². The first kappa shape index (κ1) is 19.4. The van der Waals surface area contributed by atoms with Gasteiger partial charge in [-0.3, -0.25) is 9.59 Å². The molecule has 1 aromatic rings. The molecule has 0 radical (unpaired) electrons. The van der Waals surface area contributed by atoms with Crippen LogP contribution in [0.25, 0.3) is 0 Å². The molecular formula is C20H30N2O3. The van der Waals surface area contributed by atoms with E-state index in [1.54, 1.807) is 17.0 Å². The van der Waals surface area contributed by atoms with Gasteiger partial charge in [-0.2, -0.15) is 0 Å². The molecule has 2 N–H and O–H groups in total. The van der Waals surface area contributed by atoms with Gasteiger partial charge in [0.15, 0.2) is 0 Å². The number of likely N-dealkylation sites (tertiary alicyclic amines) is 1. The number of hydrogen-bond donors (Lipinski definition) is 2. The summed E-state index contributed by atoms with van der Waals surface area (Å²) in [6.07, 6.45) is 4.29. The number of nitrogens with one attached hydrogen (secondary N) is 1. The second-order valence-corrected chi connectivity index (χ2v) is 7.59. The van der Waals surface area contributed by atoms with Gasteiger partial charge in [-0.1, -0.05) is 32.0 Å². The lowest BCUT2D eigenvalue weighted by atomic mass is 9.89. The van der Waals surface area contributed by atoms with Gasteiger partial charge in [0.2, 0.25) is 5.91 Å². The topological polar surface area (TPSA) is 69.6 Å². The highest BCUT2D eigenvalue weighted by Gasteiger charge is 2.32. The van der Waals surface area contributed by atoms with Crippen LogP contribution >= 0.6 is 0 Å². The van der Waals surface area contributed by atoms with Gasteiger partial charge in [0, 0.05) is 25.3 Å². The average Bonchev–Trinajstić information content (AvgIpc) is 2.65. The maximum absolute atomic E-state index is 12.7. The van der Waals surface area contributed by atoms with Crippen molar-refractivity contribution in [2.24, 2.45) is 5.41 Å². The van der Waals surface area contributed by atoms with E-state index < -0.39 is 0 Å². The Morgan fingerprint density at radius 3 is 2.64 bits per heavy atom. The standard InChI is InChI=1S/C20H30N2O3/c1-20(2,15-23)12-8-13-21-18(24)17-11-6-7-14-22(17)19(25)16-9-4-3-5-10-16/h3-5,9-10,17,23H,6-8,11-15H2,1-2H3,(H,21,24). The monoisotopic (exact) mass is 346 g/mol. The SMILES string of the molecule is CC(C)(CO)CCCNC(=O)C1CCCCN1C(=O)c1ccccc1. The van der Waals surface area contributed by atoms with E-state index in [0.717, 1.165) is 25.7 Å². The van der Waals surface area contributed by atoms with E-state index in [1.165, 1.54) is 0 Å². The minimum absolute atomic E-state index is 0.0641. The van der Waals surface area contributed by atoms with Crippen LogP contribution in [0.1, 0.15) is 56.3 Å². The van der Waals surface area contributed by atoms with E-state index in [2.05, 4.69) is 5.32 Å². The number of amides is 2. The van der Waals surface area contributed by atoms with Gasteiger partial charge in [0.1, 0.15) is 6.04 Å². The van der Waals surface area contributed by atoms with Crippen molar-refractivity contribution >= 4 is 11.8 Å². The third-order valence-electron chi connectivity index (χ3n) is 4.84. The molecule has 1 heterocycles. The van der Waals surface area contributed by atoms with Crippen LogP contribution in [0.3, 0.4) is 0 Å². The summed E-state index contributed by atoms with van der Waals surface area (Å²) >= 11 is 0. The maximum atomic E-state index is 12.7. The highest BCUT2D eigenvalue weighted by atomic mass is 16.3. The van der Waals surface area contributed by atoms with Crippen LogP contribution in [0.5, 0.6) is 0 Å². The predicted octanol–water partition coefficient (Wildman–Crippen LogP) is 2.60. The lowest BCUT2D eigenvalue weighted by Gasteiger charge is -2.35. The zero-order valence-corrected chi connectivity index (χ0v) is 15.3. The molecule has 0 aromatic heterocycles. The third-order valence-corrected chi connectivity index (χ3v) is 4.84. The van der Waals surface area contributed by atoms with Crippen molar-refractivity contribution in [1.82, 2.24) is 10.2 Å². The van der Waals surface area contributed by atoms with Crippen LogP contribution in [-0.2, 0) is 4.79 Å². The van der Waals surface area contributed by atoms with Crippen molar-refractivity contribution < 1.29 is 14.7 Å². The first-order valence-electron chi connectivity index (χ1n) is 9.19. The zero-order chi connectivity index (χ0) is 18.3. The van der Waals surface area contributed by atoms with E-state index in [4.69, 9.17) is 0 Å². The largest absolute Gasteiger partial charge is 0.396 e. The summed E-state index contributed by atoms with van der Waals surface area (Å²) in [7, 11) is 0. The second kappa shape index (κ2) is 8.99. The number of carbonyl (C=O) groups excluding carboxylic acids is 2. The molecule has 5 heteroatoms. The highest BCUT2D eigenvalue weighted by Crippen LogP contribution is 2.22. The molecule has 1 atom stereocenters. The molecule has 5 nitrogen and oxygen atoms in total. The summed E-state index contributed by atoms with van der Waals surface area (Å²) in [5, 5.41) is 12.2. The number of piperidine rings is 1. The number of benzene rings is 1. The van der Waals surface area contributed by atoms with Gasteiger partial charge in [-0.05, 0) is 49.7 Å². The molecule has 1 fully saturated rings. The summed E-state index contributed by atoms with van der Waals surface area (Å²) in [4.78, 5) is 27.0. The number of hydrogen-bond acceptors (Lipinski definition) is 3. The fourth-order valence-electron chi connectivity index (χ4n) is 3.17. The van der Waals surface area contributed by atoms with Gasteiger partial charge >= 0.3 is 0 Å². The van der Waals surface area contributed by atoms with E-state index in [1.807, 2.05) is 32.0 Å². The average molecular weight is 346 g/mol. The molecule has 0 spiro atoms. The van der Waals surface area contributed by atoms with Crippen LogP contribution < -0.4 is 5.32 Å². The summed E-state index contributed by atoms with van der Waals surface area (Å²) in [5.74, 6) is -0.132. The molecule has 1 aliphatic rings. The number of carbonyl (C=O) groups is 2. The quantitative estimate of drug-likeness (QED) is 0.746. The molecule has 2 amide bonds. The molecule has 1 saturated heterocycles. The third kappa shape index (κ3) is 5.56. The Morgan fingerprint density at radius 1 is 1.24 bits per heavy atom. The number of rotatable bonds is 7. The van der Waals surface area contributed by atoms with Crippen molar-refractivity contribution in [3.63, 3.8) is 0 Å². The van der Waals surface area contributed by atoms with E-state index in [-0.39, 0.29) is 29.9 Å². The minimum Gasteiger partial charge on any atom is -0.396 e. The van der Waals surface area contributed by atoms with Gasteiger partial charge in [0.05, 0.1) is 0 Å². The van der Waals surface area contributed by atoms with Crippen molar-refractivity contribution in [2.75, 3.05) is 19.7 Å². The Morgan fingerprint density at radius 2 is 1.96 bits per heavy atom.